The maximum atomic E-state index is 13.4. The maximum absolute atomic E-state index is 13.4. The number of halogens is 3. The number of ether oxygens (including phenoxy) is 1. The number of hydrogen-bond donors (Lipinski definition) is 2. The summed E-state index contributed by atoms with van der Waals surface area (Å²) < 4.78 is 44.0. The SMILES string of the molecule is O=C(COC(=O)/C=C/c1ccsc1)NCC(=O)Nc1ccc(F)c(F)c1F. The Kier molecular flexibility index (Phi) is 7.12. The first kappa shape index (κ1) is 20.2. The van der Waals surface area contributed by atoms with E-state index in [4.69, 9.17) is 0 Å². The van der Waals surface area contributed by atoms with Gasteiger partial charge in [0.2, 0.25) is 5.91 Å². The molecule has 0 aliphatic heterocycles. The maximum Gasteiger partial charge on any atom is 0.331 e. The Hall–Kier alpha value is -3.14. The predicted molar refractivity (Wildman–Crippen MR) is 92.3 cm³/mol. The third-order valence-electron chi connectivity index (χ3n) is 3.06. The van der Waals surface area contributed by atoms with Crippen LogP contribution in [0.2, 0.25) is 0 Å². The molecule has 0 spiro atoms. The number of amides is 2. The van der Waals surface area contributed by atoms with Crippen molar-refractivity contribution in [3.8, 4) is 0 Å². The molecule has 0 aliphatic rings. The van der Waals surface area contributed by atoms with Gasteiger partial charge in [-0.3, -0.25) is 9.59 Å². The number of carbonyl (C=O) groups is 3. The van der Waals surface area contributed by atoms with E-state index in [1.165, 1.54) is 17.4 Å². The average Bonchev–Trinajstić information content (AvgIpc) is 3.17. The van der Waals surface area contributed by atoms with Crippen molar-refractivity contribution >= 4 is 40.9 Å². The van der Waals surface area contributed by atoms with Gasteiger partial charge in [-0.1, -0.05) is 0 Å². The Bertz CT molecular complexity index is 869. The largest absolute Gasteiger partial charge is 0.452 e. The lowest BCUT2D eigenvalue weighted by atomic mass is 10.2. The van der Waals surface area contributed by atoms with E-state index in [0.29, 0.717) is 6.07 Å². The molecule has 1 aromatic carbocycles. The minimum Gasteiger partial charge on any atom is -0.452 e. The van der Waals surface area contributed by atoms with Crippen LogP contribution in [-0.4, -0.2) is 30.9 Å². The Labute approximate surface area is 155 Å². The predicted octanol–water partition coefficient (Wildman–Crippen LogP) is 2.48. The van der Waals surface area contributed by atoms with Gasteiger partial charge in [-0.25, -0.2) is 18.0 Å². The van der Waals surface area contributed by atoms with Crippen LogP contribution in [-0.2, 0) is 19.1 Å². The molecule has 0 saturated carbocycles. The minimum atomic E-state index is -1.72. The quantitative estimate of drug-likeness (QED) is 0.426. The molecular formula is C17H13F3N2O4S. The molecular weight excluding hydrogens is 385 g/mol. The molecule has 2 aromatic rings. The smallest absolute Gasteiger partial charge is 0.331 e. The van der Waals surface area contributed by atoms with E-state index in [0.717, 1.165) is 17.7 Å². The molecule has 27 heavy (non-hydrogen) atoms. The van der Waals surface area contributed by atoms with Crippen molar-refractivity contribution < 1.29 is 32.3 Å². The highest BCUT2D eigenvalue weighted by molar-refractivity contribution is 7.08. The van der Waals surface area contributed by atoms with E-state index >= 15 is 0 Å². The molecule has 0 fully saturated rings. The monoisotopic (exact) mass is 398 g/mol. The molecule has 2 rings (SSSR count). The topological polar surface area (TPSA) is 84.5 Å². The first-order valence-electron chi connectivity index (χ1n) is 7.44. The third kappa shape index (κ3) is 6.26. The lowest BCUT2D eigenvalue weighted by Gasteiger charge is -2.08. The summed E-state index contributed by atoms with van der Waals surface area (Å²) in [4.78, 5) is 34.6. The zero-order valence-corrected chi connectivity index (χ0v) is 14.4. The summed E-state index contributed by atoms with van der Waals surface area (Å²) in [6.07, 6.45) is 2.66. The number of rotatable bonds is 7. The van der Waals surface area contributed by atoms with E-state index < -0.39 is 54.1 Å². The Morgan fingerprint density at radius 3 is 2.56 bits per heavy atom. The second kappa shape index (κ2) is 9.53. The molecule has 6 nitrogen and oxygen atoms in total. The highest BCUT2D eigenvalue weighted by Crippen LogP contribution is 2.19. The lowest BCUT2D eigenvalue weighted by Crippen LogP contribution is -2.35. The number of anilines is 1. The fourth-order valence-corrected chi connectivity index (χ4v) is 2.39. The molecule has 0 bridgehead atoms. The van der Waals surface area contributed by atoms with Crippen LogP contribution in [0.5, 0.6) is 0 Å². The number of esters is 1. The zero-order valence-electron chi connectivity index (χ0n) is 13.6. The second-order valence-electron chi connectivity index (χ2n) is 5.05. The van der Waals surface area contributed by atoms with E-state index in [9.17, 15) is 27.6 Å². The van der Waals surface area contributed by atoms with Crippen LogP contribution in [0.3, 0.4) is 0 Å². The molecule has 0 atom stereocenters. The number of thiophene rings is 1. The van der Waals surface area contributed by atoms with Crippen LogP contribution in [0, 0.1) is 17.5 Å². The molecule has 2 amide bonds. The van der Waals surface area contributed by atoms with Crippen molar-refractivity contribution in [2.24, 2.45) is 0 Å². The van der Waals surface area contributed by atoms with E-state index in [2.05, 4.69) is 10.1 Å². The van der Waals surface area contributed by atoms with Crippen molar-refractivity contribution in [1.29, 1.82) is 0 Å². The summed E-state index contributed by atoms with van der Waals surface area (Å²) >= 11 is 1.45. The van der Waals surface area contributed by atoms with Gasteiger partial charge in [0.05, 0.1) is 12.2 Å². The van der Waals surface area contributed by atoms with E-state index in [-0.39, 0.29) is 0 Å². The van der Waals surface area contributed by atoms with Gasteiger partial charge < -0.3 is 15.4 Å². The first-order valence-corrected chi connectivity index (χ1v) is 8.38. The summed E-state index contributed by atoms with van der Waals surface area (Å²) in [7, 11) is 0. The molecule has 0 radical (unpaired) electrons. The zero-order chi connectivity index (χ0) is 19.8. The van der Waals surface area contributed by atoms with Gasteiger partial charge in [0.15, 0.2) is 24.1 Å². The lowest BCUT2D eigenvalue weighted by molar-refractivity contribution is -0.143. The minimum absolute atomic E-state index is 0.571. The van der Waals surface area contributed by atoms with Crippen molar-refractivity contribution in [3.63, 3.8) is 0 Å². The van der Waals surface area contributed by atoms with Gasteiger partial charge >= 0.3 is 5.97 Å². The van der Waals surface area contributed by atoms with Crippen molar-refractivity contribution in [1.82, 2.24) is 5.32 Å². The molecule has 1 aromatic heterocycles. The molecule has 1 heterocycles. The van der Waals surface area contributed by atoms with Gasteiger partial charge in [0.25, 0.3) is 5.91 Å². The van der Waals surface area contributed by atoms with Crippen LogP contribution >= 0.6 is 11.3 Å². The summed E-state index contributed by atoms with van der Waals surface area (Å²) in [6, 6.07) is 3.28. The molecule has 10 heteroatoms. The summed E-state index contributed by atoms with van der Waals surface area (Å²) in [5.41, 5.74) is 0.237. The van der Waals surface area contributed by atoms with Gasteiger partial charge in [0.1, 0.15) is 0 Å². The van der Waals surface area contributed by atoms with E-state index in [1.54, 1.807) is 6.07 Å². The van der Waals surface area contributed by atoms with Crippen molar-refractivity contribution in [3.05, 3.63) is 58.1 Å². The third-order valence-corrected chi connectivity index (χ3v) is 3.76. The number of benzene rings is 1. The standard InChI is InChI=1S/C17H13F3N2O4S/c18-11-2-3-12(17(20)16(11)19)22-13(23)7-21-14(24)8-26-15(25)4-1-10-5-6-27-9-10/h1-6,9H,7-8H2,(H,21,24)(H,22,23)/b4-1+. The number of hydrogen-bond acceptors (Lipinski definition) is 5. The van der Waals surface area contributed by atoms with Gasteiger partial charge in [-0.05, 0) is 40.6 Å². The normalized spacial score (nSPS) is 10.6. The second-order valence-corrected chi connectivity index (χ2v) is 5.83. The molecule has 0 saturated heterocycles. The summed E-state index contributed by atoms with van der Waals surface area (Å²) in [5, 5.41) is 7.75. The van der Waals surface area contributed by atoms with Gasteiger partial charge in [-0.15, -0.1) is 0 Å². The van der Waals surface area contributed by atoms with Gasteiger partial charge in [0, 0.05) is 6.08 Å². The molecule has 0 aliphatic carbocycles. The highest BCUT2D eigenvalue weighted by Gasteiger charge is 2.15. The Morgan fingerprint density at radius 1 is 1.07 bits per heavy atom. The molecule has 2 N–H and O–H groups in total. The van der Waals surface area contributed by atoms with Crippen LogP contribution < -0.4 is 10.6 Å². The van der Waals surface area contributed by atoms with Crippen LogP contribution in [0.4, 0.5) is 18.9 Å². The fourth-order valence-electron chi connectivity index (χ4n) is 1.77. The van der Waals surface area contributed by atoms with Crippen molar-refractivity contribution in [2.45, 2.75) is 0 Å². The molecule has 0 unspecified atom stereocenters. The van der Waals surface area contributed by atoms with Crippen LogP contribution in [0.1, 0.15) is 5.56 Å². The summed E-state index contributed by atoms with van der Waals surface area (Å²) in [6.45, 7) is -1.21. The van der Waals surface area contributed by atoms with E-state index in [1.807, 2.05) is 16.1 Å². The summed E-state index contributed by atoms with van der Waals surface area (Å²) in [5.74, 6) is -7.07. The number of nitrogens with one attached hydrogen (secondary N) is 2. The highest BCUT2D eigenvalue weighted by atomic mass is 32.1. The van der Waals surface area contributed by atoms with Crippen LogP contribution in [0.25, 0.3) is 6.08 Å². The Morgan fingerprint density at radius 2 is 1.85 bits per heavy atom. The Balaban J connectivity index is 1.72. The molecule has 142 valence electrons. The van der Waals surface area contributed by atoms with Crippen molar-refractivity contribution in [2.75, 3.05) is 18.5 Å². The van der Waals surface area contributed by atoms with Gasteiger partial charge in [-0.2, -0.15) is 11.3 Å². The number of carbonyl (C=O) groups excluding carboxylic acids is 3. The fraction of sp³-hybridized carbons (Fsp3) is 0.118. The average molecular weight is 398 g/mol. The van der Waals surface area contributed by atoms with Crippen LogP contribution in [0.15, 0.2) is 35.0 Å². The first-order chi connectivity index (χ1) is 12.9.